The van der Waals surface area contributed by atoms with Crippen LogP contribution in [0.4, 0.5) is 4.39 Å². The largest absolute Gasteiger partial charge is 0.497 e. The molecule has 0 aromatic heterocycles. The molecular formula is C23H21FO4S. The molecule has 3 rings (SSSR count). The molecule has 0 unspecified atom stereocenters. The Hall–Kier alpha value is -2.99. The summed E-state index contributed by atoms with van der Waals surface area (Å²) in [5.74, 6) is -0.466. The number of sulfone groups is 1. The second kappa shape index (κ2) is 8.57. The van der Waals surface area contributed by atoms with E-state index in [0.717, 1.165) is 5.56 Å². The van der Waals surface area contributed by atoms with Crippen molar-refractivity contribution in [3.05, 3.63) is 95.3 Å². The third-order valence-electron chi connectivity index (χ3n) is 4.76. The van der Waals surface area contributed by atoms with Gasteiger partial charge in [0.15, 0.2) is 15.6 Å². The molecule has 0 saturated carbocycles. The van der Waals surface area contributed by atoms with Crippen LogP contribution in [0.1, 0.15) is 33.2 Å². The maximum absolute atomic E-state index is 14.5. The minimum Gasteiger partial charge on any atom is -0.497 e. The fourth-order valence-electron chi connectivity index (χ4n) is 3.08. The van der Waals surface area contributed by atoms with Crippen LogP contribution in [0.5, 0.6) is 5.75 Å². The lowest BCUT2D eigenvalue weighted by molar-refractivity contribution is 0.0980. The van der Waals surface area contributed by atoms with Crippen LogP contribution in [-0.2, 0) is 9.84 Å². The zero-order valence-corrected chi connectivity index (χ0v) is 16.9. The lowest BCUT2D eigenvalue weighted by Gasteiger charge is -2.19. The van der Waals surface area contributed by atoms with Gasteiger partial charge in [-0.1, -0.05) is 35.9 Å². The number of ketones is 1. The summed E-state index contributed by atoms with van der Waals surface area (Å²) < 4.78 is 46.2. The topological polar surface area (TPSA) is 60.4 Å². The van der Waals surface area contributed by atoms with E-state index in [-0.39, 0.29) is 16.9 Å². The van der Waals surface area contributed by atoms with E-state index in [1.165, 1.54) is 37.4 Å². The first kappa shape index (κ1) is 20.7. The Morgan fingerprint density at radius 3 is 2.17 bits per heavy atom. The summed E-state index contributed by atoms with van der Waals surface area (Å²) in [7, 11) is -2.48. The molecule has 4 nitrogen and oxygen atoms in total. The number of aryl methyl sites for hydroxylation is 1. The van der Waals surface area contributed by atoms with Gasteiger partial charge in [0.05, 0.1) is 12.0 Å². The minimum atomic E-state index is -3.99. The smallest absolute Gasteiger partial charge is 0.185 e. The molecular weight excluding hydrogens is 391 g/mol. The predicted molar refractivity (Wildman–Crippen MR) is 109 cm³/mol. The highest BCUT2D eigenvalue weighted by Crippen LogP contribution is 2.34. The molecule has 0 amide bonds. The zero-order valence-electron chi connectivity index (χ0n) is 16.1. The minimum absolute atomic E-state index is 0.0186. The predicted octanol–water partition coefficient (Wildman–Crippen LogP) is 4.93. The van der Waals surface area contributed by atoms with Crippen molar-refractivity contribution < 1.29 is 22.3 Å². The maximum Gasteiger partial charge on any atom is 0.185 e. The summed E-state index contributed by atoms with van der Waals surface area (Å²) in [6, 6.07) is 18.4. The molecule has 0 radical (unpaired) electrons. The molecule has 0 spiro atoms. The molecule has 1 atom stereocenters. The van der Waals surface area contributed by atoms with Crippen molar-refractivity contribution in [2.24, 2.45) is 0 Å². The molecule has 3 aromatic carbocycles. The Morgan fingerprint density at radius 2 is 1.59 bits per heavy atom. The first-order valence-electron chi connectivity index (χ1n) is 9.05. The second-order valence-electron chi connectivity index (χ2n) is 6.72. The van der Waals surface area contributed by atoms with Crippen molar-refractivity contribution in [3.63, 3.8) is 0 Å². The first-order valence-corrected chi connectivity index (χ1v) is 10.6. The Bertz CT molecular complexity index is 1100. The van der Waals surface area contributed by atoms with Gasteiger partial charge in [0.1, 0.15) is 16.8 Å². The summed E-state index contributed by atoms with van der Waals surface area (Å²) >= 11 is 0. The number of Topliss-reactive ketones (excluding diaryl/α,β-unsaturated/α-hetero) is 1. The van der Waals surface area contributed by atoms with Gasteiger partial charge in [-0.25, -0.2) is 12.8 Å². The number of methoxy groups -OCH3 is 1. The molecule has 0 N–H and O–H groups in total. The van der Waals surface area contributed by atoms with Crippen molar-refractivity contribution in [1.29, 1.82) is 0 Å². The van der Waals surface area contributed by atoms with Gasteiger partial charge in [-0.15, -0.1) is 0 Å². The van der Waals surface area contributed by atoms with Crippen molar-refractivity contribution in [3.8, 4) is 5.75 Å². The van der Waals surface area contributed by atoms with Gasteiger partial charge in [0, 0.05) is 17.5 Å². The van der Waals surface area contributed by atoms with E-state index in [1.807, 2.05) is 6.92 Å². The van der Waals surface area contributed by atoms with E-state index < -0.39 is 26.7 Å². The number of rotatable bonds is 7. The number of halogens is 1. The van der Waals surface area contributed by atoms with Crippen LogP contribution in [0.3, 0.4) is 0 Å². The summed E-state index contributed by atoms with van der Waals surface area (Å²) in [5, 5.41) is -1.33. The molecule has 0 saturated heterocycles. The highest BCUT2D eigenvalue weighted by Gasteiger charge is 2.33. The summed E-state index contributed by atoms with van der Waals surface area (Å²) in [6.45, 7) is 1.85. The molecule has 6 heteroatoms. The summed E-state index contributed by atoms with van der Waals surface area (Å²) in [6.07, 6.45) is -0.372. The van der Waals surface area contributed by atoms with Gasteiger partial charge in [-0.2, -0.15) is 0 Å². The van der Waals surface area contributed by atoms with E-state index >= 15 is 0 Å². The number of carbonyl (C=O) groups excluding carboxylic acids is 1. The maximum atomic E-state index is 14.5. The molecule has 29 heavy (non-hydrogen) atoms. The number of hydrogen-bond acceptors (Lipinski definition) is 4. The standard InChI is InChI=1S/C23H21FO4S/c1-16-7-13-19(14-8-16)29(26,27)23(20-5-3-4-6-21(20)24)15-22(25)17-9-11-18(28-2)12-10-17/h3-14,23H,15H2,1-2H3/t23-/m0/s1. The average Bonchev–Trinajstić information content (AvgIpc) is 2.73. The number of ether oxygens (including phenoxy) is 1. The van der Waals surface area contributed by atoms with Crippen molar-refractivity contribution in [2.45, 2.75) is 23.5 Å². The second-order valence-corrected chi connectivity index (χ2v) is 8.85. The SMILES string of the molecule is COc1ccc(C(=O)C[C@@H](c2ccccc2F)S(=O)(=O)c2ccc(C)cc2)cc1. The van der Waals surface area contributed by atoms with E-state index in [2.05, 4.69) is 0 Å². The van der Waals surface area contributed by atoms with Gasteiger partial charge in [0.25, 0.3) is 0 Å². The first-order chi connectivity index (χ1) is 13.8. The third-order valence-corrected chi connectivity index (χ3v) is 6.86. The molecule has 150 valence electrons. The fraction of sp³-hybridized carbons (Fsp3) is 0.174. The lowest BCUT2D eigenvalue weighted by atomic mass is 10.0. The molecule has 0 aliphatic rings. The highest BCUT2D eigenvalue weighted by atomic mass is 32.2. The quantitative estimate of drug-likeness (QED) is 0.516. The van der Waals surface area contributed by atoms with Crippen LogP contribution in [0.15, 0.2) is 77.7 Å². The number of benzene rings is 3. The van der Waals surface area contributed by atoms with Crippen LogP contribution >= 0.6 is 0 Å². The fourth-order valence-corrected chi connectivity index (χ4v) is 4.82. The van der Waals surface area contributed by atoms with Crippen molar-refractivity contribution >= 4 is 15.6 Å². The molecule has 0 aliphatic heterocycles. The molecule has 0 bridgehead atoms. The molecule has 3 aromatic rings. The number of hydrogen-bond donors (Lipinski definition) is 0. The van der Waals surface area contributed by atoms with Crippen LogP contribution in [0.25, 0.3) is 0 Å². The van der Waals surface area contributed by atoms with Gasteiger partial charge < -0.3 is 4.74 Å². The number of carbonyl (C=O) groups is 1. The lowest BCUT2D eigenvalue weighted by Crippen LogP contribution is -2.19. The van der Waals surface area contributed by atoms with Crippen LogP contribution < -0.4 is 4.74 Å². The van der Waals surface area contributed by atoms with Crippen LogP contribution in [0, 0.1) is 12.7 Å². The van der Waals surface area contributed by atoms with Gasteiger partial charge in [-0.3, -0.25) is 4.79 Å². The van der Waals surface area contributed by atoms with Gasteiger partial charge >= 0.3 is 0 Å². The zero-order chi connectivity index (χ0) is 21.0. The van der Waals surface area contributed by atoms with E-state index in [9.17, 15) is 17.6 Å². The van der Waals surface area contributed by atoms with E-state index in [1.54, 1.807) is 42.5 Å². The molecule has 0 aliphatic carbocycles. The average molecular weight is 412 g/mol. The molecule has 0 fully saturated rings. The normalized spacial score (nSPS) is 12.4. The highest BCUT2D eigenvalue weighted by molar-refractivity contribution is 7.91. The molecule has 0 heterocycles. The van der Waals surface area contributed by atoms with E-state index in [0.29, 0.717) is 11.3 Å². The Morgan fingerprint density at radius 1 is 0.966 bits per heavy atom. The summed E-state index contributed by atoms with van der Waals surface area (Å²) in [5.41, 5.74) is 1.22. The van der Waals surface area contributed by atoms with E-state index in [4.69, 9.17) is 4.74 Å². The van der Waals surface area contributed by atoms with Gasteiger partial charge in [-0.05, 0) is 49.4 Å². The monoisotopic (exact) mass is 412 g/mol. The van der Waals surface area contributed by atoms with Crippen LogP contribution in [0.2, 0.25) is 0 Å². The van der Waals surface area contributed by atoms with Crippen molar-refractivity contribution in [1.82, 2.24) is 0 Å². The Labute approximate surface area is 169 Å². The van der Waals surface area contributed by atoms with Crippen molar-refractivity contribution in [2.75, 3.05) is 7.11 Å². The Kier molecular flexibility index (Phi) is 6.13. The third kappa shape index (κ3) is 4.54. The Balaban J connectivity index is 2.02. The van der Waals surface area contributed by atoms with Crippen LogP contribution in [-0.4, -0.2) is 21.3 Å². The summed E-state index contributed by atoms with van der Waals surface area (Å²) in [4.78, 5) is 12.9. The van der Waals surface area contributed by atoms with Gasteiger partial charge in [0.2, 0.25) is 0 Å².